The molecule has 1 amide bonds. The van der Waals surface area contributed by atoms with Gasteiger partial charge in [-0.05, 0) is 19.2 Å². The first-order valence-corrected chi connectivity index (χ1v) is 8.48. The van der Waals surface area contributed by atoms with E-state index >= 15 is 0 Å². The van der Waals surface area contributed by atoms with Crippen molar-refractivity contribution in [2.45, 2.75) is 12.1 Å². The molecule has 7 heteroatoms. The van der Waals surface area contributed by atoms with E-state index in [4.69, 9.17) is 9.47 Å². The van der Waals surface area contributed by atoms with Gasteiger partial charge in [-0.1, -0.05) is 12.1 Å². The molecule has 2 unspecified atom stereocenters. The topological polar surface area (TPSA) is 59.8 Å². The molecule has 0 spiro atoms. The summed E-state index contributed by atoms with van der Waals surface area (Å²) in [5.74, 6) is 2.26. The SMILES string of the molecule is CN1CCN(C(=O)C2COc3ccccc3O2)CC1c1nccn1C. The number of hydrogen-bond acceptors (Lipinski definition) is 5. The summed E-state index contributed by atoms with van der Waals surface area (Å²) < 4.78 is 13.6. The molecule has 2 atom stereocenters. The van der Waals surface area contributed by atoms with Gasteiger partial charge in [0.2, 0.25) is 6.10 Å². The summed E-state index contributed by atoms with van der Waals surface area (Å²) in [5, 5.41) is 0. The molecule has 0 saturated carbocycles. The molecule has 4 rings (SSSR count). The predicted octanol–water partition coefficient (Wildman–Crippen LogP) is 1.08. The monoisotopic (exact) mass is 342 g/mol. The number of hydrogen-bond donors (Lipinski definition) is 0. The molecular formula is C18H22N4O3. The third-order valence-corrected chi connectivity index (χ3v) is 4.90. The Labute approximate surface area is 146 Å². The van der Waals surface area contributed by atoms with Gasteiger partial charge < -0.3 is 18.9 Å². The smallest absolute Gasteiger partial charge is 0.267 e. The fourth-order valence-corrected chi connectivity index (χ4v) is 3.40. The van der Waals surface area contributed by atoms with Gasteiger partial charge in [0, 0.05) is 39.1 Å². The van der Waals surface area contributed by atoms with E-state index < -0.39 is 6.10 Å². The number of fused-ring (bicyclic) bond motifs is 1. The number of nitrogens with zero attached hydrogens (tertiary/aromatic N) is 4. The van der Waals surface area contributed by atoms with E-state index in [-0.39, 0.29) is 18.6 Å². The van der Waals surface area contributed by atoms with Crippen molar-refractivity contribution in [3.63, 3.8) is 0 Å². The van der Waals surface area contributed by atoms with Crippen LogP contribution in [0.5, 0.6) is 11.5 Å². The van der Waals surface area contributed by atoms with Crippen LogP contribution >= 0.6 is 0 Å². The van der Waals surface area contributed by atoms with Crippen molar-refractivity contribution < 1.29 is 14.3 Å². The van der Waals surface area contributed by atoms with Crippen LogP contribution in [0.15, 0.2) is 36.7 Å². The number of imidazole rings is 1. The molecule has 1 aromatic carbocycles. The molecule has 0 bridgehead atoms. The number of amides is 1. The van der Waals surface area contributed by atoms with Gasteiger partial charge >= 0.3 is 0 Å². The van der Waals surface area contributed by atoms with Gasteiger partial charge in [-0.3, -0.25) is 9.69 Å². The van der Waals surface area contributed by atoms with Crippen LogP contribution in [0, 0.1) is 0 Å². The van der Waals surface area contributed by atoms with E-state index in [9.17, 15) is 4.79 Å². The Morgan fingerprint density at radius 3 is 2.76 bits per heavy atom. The number of carbonyl (C=O) groups is 1. The van der Waals surface area contributed by atoms with Crippen molar-refractivity contribution >= 4 is 5.91 Å². The van der Waals surface area contributed by atoms with Gasteiger partial charge in [0.15, 0.2) is 11.5 Å². The highest BCUT2D eigenvalue weighted by Gasteiger charge is 2.36. The Morgan fingerprint density at radius 2 is 2.00 bits per heavy atom. The van der Waals surface area contributed by atoms with Gasteiger partial charge in [-0.15, -0.1) is 0 Å². The van der Waals surface area contributed by atoms with Crippen LogP contribution in [0.1, 0.15) is 11.9 Å². The predicted molar refractivity (Wildman–Crippen MR) is 91.5 cm³/mol. The molecule has 0 radical (unpaired) electrons. The summed E-state index contributed by atoms with van der Waals surface area (Å²) in [6.07, 6.45) is 3.12. The van der Waals surface area contributed by atoms with E-state index in [2.05, 4.69) is 16.9 Å². The second-order valence-electron chi connectivity index (χ2n) is 6.54. The zero-order valence-corrected chi connectivity index (χ0v) is 14.5. The number of carbonyl (C=O) groups excluding carboxylic acids is 1. The third-order valence-electron chi connectivity index (χ3n) is 4.90. The highest BCUT2D eigenvalue weighted by Crippen LogP contribution is 2.32. The van der Waals surface area contributed by atoms with Crippen molar-refractivity contribution in [1.29, 1.82) is 0 Å². The minimum atomic E-state index is -0.597. The molecule has 0 N–H and O–H groups in total. The number of piperazine rings is 1. The van der Waals surface area contributed by atoms with E-state index in [1.807, 2.05) is 47.0 Å². The maximum atomic E-state index is 12.9. The third kappa shape index (κ3) is 2.95. The van der Waals surface area contributed by atoms with Crippen molar-refractivity contribution in [2.75, 3.05) is 33.3 Å². The molecule has 2 aromatic rings. The Hall–Kier alpha value is -2.54. The van der Waals surface area contributed by atoms with E-state index in [1.54, 1.807) is 6.20 Å². The van der Waals surface area contributed by atoms with Gasteiger partial charge in [0.05, 0.1) is 6.04 Å². The lowest BCUT2D eigenvalue weighted by Crippen LogP contribution is -2.54. The fourth-order valence-electron chi connectivity index (χ4n) is 3.40. The second-order valence-corrected chi connectivity index (χ2v) is 6.54. The molecule has 7 nitrogen and oxygen atoms in total. The molecule has 0 aliphatic carbocycles. The Kier molecular flexibility index (Phi) is 4.09. The molecule has 1 aromatic heterocycles. The standard InChI is InChI=1S/C18H22N4O3/c1-20-9-10-22(11-13(20)17-19-7-8-21(17)2)18(23)16-12-24-14-5-3-4-6-15(14)25-16/h3-8,13,16H,9-12H2,1-2H3. The number of benzene rings is 1. The first-order chi connectivity index (χ1) is 12.1. The van der Waals surface area contributed by atoms with Crippen LogP contribution in [-0.4, -0.2) is 64.7 Å². The number of ether oxygens (including phenoxy) is 2. The van der Waals surface area contributed by atoms with E-state index in [0.717, 1.165) is 12.4 Å². The normalized spacial score (nSPS) is 23.5. The lowest BCUT2D eigenvalue weighted by atomic mass is 10.1. The Morgan fingerprint density at radius 1 is 1.20 bits per heavy atom. The summed E-state index contributed by atoms with van der Waals surface area (Å²) in [4.78, 5) is 21.5. The van der Waals surface area contributed by atoms with E-state index in [1.165, 1.54) is 0 Å². The summed E-state index contributed by atoms with van der Waals surface area (Å²) in [6.45, 7) is 2.32. The highest BCUT2D eigenvalue weighted by molar-refractivity contribution is 5.82. The Bertz CT molecular complexity index is 775. The first-order valence-electron chi connectivity index (χ1n) is 8.48. The zero-order valence-electron chi connectivity index (χ0n) is 14.5. The minimum absolute atomic E-state index is 0.0261. The van der Waals surface area contributed by atoms with Crippen molar-refractivity contribution in [1.82, 2.24) is 19.4 Å². The molecule has 1 saturated heterocycles. The largest absolute Gasteiger partial charge is 0.485 e. The molecule has 25 heavy (non-hydrogen) atoms. The average molecular weight is 342 g/mol. The van der Waals surface area contributed by atoms with Gasteiger partial charge in [0.1, 0.15) is 12.4 Å². The molecule has 1 fully saturated rings. The quantitative estimate of drug-likeness (QED) is 0.817. The Balaban J connectivity index is 1.48. The molecular weight excluding hydrogens is 320 g/mol. The fraction of sp³-hybridized carbons (Fsp3) is 0.444. The van der Waals surface area contributed by atoms with Crippen LogP contribution in [0.4, 0.5) is 0 Å². The number of para-hydroxylation sites is 2. The lowest BCUT2D eigenvalue weighted by molar-refractivity contribution is -0.144. The maximum Gasteiger partial charge on any atom is 0.267 e. The van der Waals surface area contributed by atoms with Gasteiger partial charge in [-0.25, -0.2) is 4.98 Å². The molecule has 2 aliphatic rings. The number of aromatic nitrogens is 2. The minimum Gasteiger partial charge on any atom is -0.485 e. The summed E-state index contributed by atoms with van der Waals surface area (Å²) in [6, 6.07) is 7.53. The maximum absolute atomic E-state index is 12.9. The van der Waals surface area contributed by atoms with E-state index in [0.29, 0.717) is 24.6 Å². The second kappa shape index (κ2) is 6.40. The summed E-state index contributed by atoms with van der Waals surface area (Å²) >= 11 is 0. The lowest BCUT2D eigenvalue weighted by Gasteiger charge is -2.40. The summed E-state index contributed by atoms with van der Waals surface area (Å²) in [7, 11) is 4.05. The van der Waals surface area contributed by atoms with Crippen molar-refractivity contribution in [3.05, 3.63) is 42.5 Å². The molecule has 3 heterocycles. The van der Waals surface area contributed by atoms with Crippen molar-refractivity contribution in [3.8, 4) is 11.5 Å². The van der Waals surface area contributed by atoms with Gasteiger partial charge in [-0.2, -0.15) is 0 Å². The number of likely N-dealkylation sites (N-methyl/N-ethyl adjacent to an activating group) is 1. The van der Waals surface area contributed by atoms with Crippen LogP contribution in [0.2, 0.25) is 0 Å². The number of aryl methyl sites for hydroxylation is 1. The first kappa shape index (κ1) is 16.0. The molecule has 132 valence electrons. The molecule has 2 aliphatic heterocycles. The zero-order chi connectivity index (χ0) is 17.4. The van der Waals surface area contributed by atoms with Crippen molar-refractivity contribution in [2.24, 2.45) is 7.05 Å². The number of rotatable bonds is 2. The van der Waals surface area contributed by atoms with Crippen LogP contribution in [0.25, 0.3) is 0 Å². The van der Waals surface area contributed by atoms with Crippen LogP contribution < -0.4 is 9.47 Å². The van der Waals surface area contributed by atoms with Crippen LogP contribution in [-0.2, 0) is 11.8 Å². The van der Waals surface area contributed by atoms with Gasteiger partial charge in [0.25, 0.3) is 5.91 Å². The summed E-state index contributed by atoms with van der Waals surface area (Å²) in [5.41, 5.74) is 0. The average Bonchev–Trinajstić information content (AvgIpc) is 3.07. The highest BCUT2D eigenvalue weighted by atomic mass is 16.6. The van der Waals surface area contributed by atoms with Crippen LogP contribution in [0.3, 0.4) is 0 Å².